The van der Waals surface area contributed by atoms with Crippen molar-refractivity contribution in [3.8, 4) is 6.07 Å². The summed E-state index contributed by atoms with van der Waals surface area (Å²) in [5.41, 5.74) is 2.44. The van der Waals surface area contributed by atoms with Gasteiger partial charge in [-0.25, -0.2) is 0 Å². The van der Waals surface area contributed by atoms with Crippen LogP contribution in [-0.2, 0) is 0 Å². The average molecular weight is 261 g/mol. The lowest BCUT2D eigenvalue weighted by molar-refractivity contribution is 0.102. The standard InChI is InChI=1S/C16H11N3O/c17-9-11-5-1-3-7-14(11)19-16(20)13-10-18-15-8-4-2-6-12(13)15/h1-8,10,18H,(H,19,20). The number of carbonyl (C=O) groups is 1. The Morgan fingerprint density at radius 2 is 1.85 bits per heavy atom. The van der Waals surface area contributed by atoms with Crippen LogP contribution < -0.4 is 5.32 Å². The molecule has 1 heterocycles. The van der Waals surface area contributed by atoms with Crippen LogP contribution in [0.5, 0.6) is 0 Å². The topological polar surface area (TPSA) is 68.7 Å². The molecular weight excluding hydrogens is 250 g/mol. The van der Waals surface area contributed by atoms with Gasteiger partial charge in [0.2, 0.25) is 0 Å². The predicted molar refractivity (Wildman–Crippen MR) is 77.4 cm³/mol. The molecule has 0 bridgehead atoms. The summed E-state index contributed by atoms with van der Waals surface area (Å²) in [5.74, 6) is -0.231. The molecule has 0 saturated heterocycles. The predicted octanol–water partition coefficient (Wildman–Crippen LogP) is 3.29. The van der Waals surface area contributed by atoms with E-state index in [0.717, 1.165) is 10.9 Å². The minimum absolute atomic E-state index is 0.231. The van der Waals surface area contributed by atoms with E-state index in [-0.39, 0.29) is 5.91 Å². The Hall–Kier alpha value is -3.06. The Balaban J connectivity index is 1.96. The van der Waals surface area contributed by atoms with Gasteiger partial charge in [-0.1, -0.05) is 30.3 Å². The van der Waals surface area contributed by atoms with Crippen LogP contribution in [0.1, 0.15) is 15.9 Å². The van der Waals surface area contributed by atoms with Crippen molar-refractivity contribution in [1.82, 2.24) is 4.98 Å². The number of fused-ring (bicyclic) bond motifs is 1. The van der Waals surface area contributed by atoms with Gasteiger partial charge in [-0.05, 0) is 18.2 Å². The number of hydrogen-bond acceptors (Lipinski definition) is 2. The van der Waals surface area contributed by atoms with Gasteiger partial charge < -0.3 is 10.3 Å². The molecule has 0 aliphatic rings. The third-order valence-electron chi connectivity index (χ3n) is 3.13. The molecule has 0 spiro atoms. The van der Waals surface area contributed by atoms with Crippen LogP contribution in [0.2, 0.25) is 0 Å². The second-order valence-electron chi connectivity index (χ2n) is 4.36. The Bertz CT molecular complexity index is 827. The van der Waals surface area contributed by atoms with Crippen LogP contribution >= 0.6 is 0 Å². The number of nitrogens with zero attached hydrogens (tertiary/aromatic N) is 1. The largest absolute Gasteiger partial charge is 0.360 e. The molecule has 2 aromatic carbocycles. The molecule has 4 nitrogen and oxygen atoms in total. The first-order valence-corrected chi connectivity index (χ1v) is 6.16. The third kappa shape index (κ3) is 2.02. The number of anilines is 1. The van der Waals surface area contributed by atoms with Gasteiger partial charge in [-0.2, -0.15) is 5.26 Å². The highest BCUT2D eigenvalue weighted by Gasteiger charge is 2.13. The zero-order valence-electron chi connectivity index (χ0n) is 10.6. The van der Waals surface area contributed by atoms with Crippen molar-refractivity contribution >= 4 is 22.5 Å². The molecule has 20 heavy (non-hydrogen) atoms. The number of hydrogen-bond donors (Lipinski definition) is 2. The fourth-order valence-corrected chi connectivity index (χ4v) is 2.14. The number of aromatic amines is 1. The van der Waals surface area contributed by atoms with Crippen LogP contribution in [0.3, 0.4) is 0 Å². The first kappa shape index (κ1) is 12.0. The van der Waals surface area contributed by atoms with E-state index < -0.39 is 0 Å². The summed E-state index contributed by atoms with van der Waals surface area (Å²) in [6.07, 6.45) is 1.68. The van der Waals surface area contributed by atoms with Crippen LogP contribution in [-0.4, -0.2) is 10.9 Å². The van der Waals surface area contributed by atoms with Crippen LogP contribution in [0.25, 0.3) is 10.9 Å². The molecule has 4 heteroatoms. The molecule has 3 rings (SSSR count). The van der Waals surface area contributed by atoms with E-state index in [1.165, 1.54) is 0 Å². The van der Waals surface area contributed by atoms with Crippen LogP contribution in [0.4, 0.5) is 5.69 Å². The zero-order chi connectivity index (χ0) is 13.9. The van der Waals surface area contributed by atoms with Gasteiger partial charge in [0.05, 0.1) is 16.8 Å². The van der Waals surface area contributed by atoms with Crippen molar-refractivity contribution in [2.75, 3.05) is 5.32 Å². The molecule has 1 aromatic heterocycles. The maximum absolute atomic E-state index is 12.3. The third-order valence-corrected chi connectivity index (χ3v) is 3.13. The maximum Gasteiger partial charge on any atom is 0.257 e. The van der Waals surface area contributed by atoms with Gasteiger partial charge in [0, 0.05) is 17.1 Å². The summed E-state index contributed by atoms with van der Waals surface area (Å²) in [7, 11) is 0. The molecule has 2 N–H and O–H groups in total. The summed E-state index contributed by atoms with van der Waals surface area (Å²) in [6.45, 7) is 0. The Morgan fingerprint density at radius 1 is 1.10 bits per heavy atom. The van der Waals surface area contributed by atoms with Crippen molar-refractivity contribution in [2.24, 2.45) is 0 Å². The fraction of sp³-hybridized carbons (Fsp3) is 0. The lowest BCUT2D eigenvalue weighted by Gasteiger charge is -2.05. The van der Waals surface area contributed by atoms with Gasteiger partial charge in [0.1, 0.15) is 6.07 Å². The quantitative estimate of drug-likeness (QED) is 0.743. The van der Waals surface area contributed by atoms with Crippen molar-refractivity contribution in [2.45, 2.75) is 0 Å². The normalized spacial score (nSPS) is 10.2. The Morgan fingerprint density at radius 3 is 2.70 bits per heavy atom. The molecule has 0 unspecified atom stereocenters. The highest BCUT2D eigenvalue weighted by atomic mass is 16.1. The molecule has 0 atom stereocenters. The second kappa shape index (κ2) is 4.90. The molecule has 96 valence electrons. The first-order chi connectivity index (χ1) is 9.79. The molecule has 1 amide bonds. The summed E-state index contributed by atoms with van der Waals surface area (Å²) < 4.78 is 0. The summed E-state index contributed by atoms with van der Waals surface area (Å²) in [4.78, 5) is 15.4. The average Bonchev–Trinajstić information content (AvgIpc) is 2.92. The zero-order valence-corrected chi connectivity index (χ0v) is 10.6. The number of amides is 1. The smallest absolute Gasteiger partial charge is 0.257 e. The van der Waals surface area contributed by atoms with Crippen molar-refractivity contribution in [1.29, 1.82) is 5.26 Å². The number of H-pyrrole nitrogens is 1. The van der Waals surface area contributed by atoms with E-state index in [1.54, 1.807) is 30.5 Å². The monoisotopic (exact) mass is 261 g/mol. The maximum atomic E-state index is 12.3. The first-order valence-electron chi connectivity index (χ1n) is 6.16. The molecule has 0 saturated carbocycles. The summed E-state index contributed by atoms with van der Waals surface area (Å²) in [5, 5.41) is 12.7. The molecule has 0 aliphatic carbocycles. The van der Waals surface area contributed by atoms with Crippen LogP contribution in [0.15, 0.2) is 54.7 Å². The van der Waals surface area contributed by atoms with Gasteiger partial charge in [0.25, 0.3) is 5.91 Å². The highest BCUT2D eigenvalue weighted by molar-refractivity contribution is 6.13. The molecule has 3 aromatic rings. The number of nitriles is 1. The molecule has 0 fully saturated rings. The van der Waals surface area contributed by atoms with E-state index in [4.69, 9.17) is 5.26 Å². The minimum Gasteiger partial charge on any atom is -0.360 e. The van der Waals surface area contributed by atoms with Crippen LogP contribution in [0, 0.1) is 11.3 Å². The lowest BCUT2D eigenvalue weighted by Crippen LogP contribution is -2.12. The fourth-order valence-electron chi connectivity index (χ4n) is 2.14. The summed E-state index contributed by atoms with van der Waals surface area (Å²) in [6, 6.07) is 16.6. The van der Waals surface area contributed by atoms with E-state index in [1.807, 2.05) is 24.3 Å². The lowest BCUT2D eigenvalue weighted by atomic mass is 10.1. The van der Waals surface area contributed by atoms with Crippen molar-refractivity contribution < 1.29 is 4.79 Å². The van der Waals surface area contributed by atoms with Crippen molar-refractivity contribution in [3.05, 3.63) is 65.9 Å². The van der Waals surface area contributed by atoms with Gasteiger partial charge in [-0.15, -0.1) is 0 Å². The molecule has 0 radical (unpaired) electrons. The Kier molecular flexibility index (Phi) is 2.94. The van der Waals surface area contributed by atoms with Gasteiger partial charge >= 0.3 is 0 Å². The highest BCUT2D eigenvalue weighted by Crippen LogP contribution is 2.20. The summed E-state index contributed by atoms with van der Waals surface area (Å²) >= 11 is 0. The van der Waals surface area contributed by atoms with E-state index in [9.17, 15) is 4.79 Å². The number of aromatic nitrogens is 1. The van der Waals surface area contributed by atoms with E-state index in [0.29, 0.717) is 16.8 Å². The SMILES string of the molecule is N#Cc1ccccc1NC(=O)c1c[nH]c2ccccc12. The number of carbonyl (C=O) groups excluding carboxylic acids is 1. The second-order valence-corrected chi connectivity index (χ2v) is 4.36. The van der Waals surface area contributed by atoms with E-state index in [2.05, 4.69) is 16.4 Å². The number of rotatable bonds is 2. The molecule has 0 aliphatic heterocycles. The number of benzene rings is 2. The van der Waals surface area contributed by atoms with Gasteiger partial charge in [-0.3, -0.25) is 4.79 Å². The van der Waals surface area contributed by atoms with Gasteiger partial charge in [0.15, 0.2) is 0 Å². The number of nitrogens with one attached hydrogen (secondary N) is 2. The minimum atomic E-state index is -0.231. The molecular formula is C16H11N3O. The van der Waals surface area contributed by atoms with Crippen molar-refractivity contribution in [3.63, 3.8) is 0 Å². The number of para-hydroxylation sites is 2. The Labute approximate surface area is 115 Å². The van der Waals surface area contributed by atoms with E-state index >= 15 is 0 Å².